The largest absolute Gasteiger partial charge is 0.348 e. The van der Waals surface area contributed by atoms with Gasteiger partial charge in [-0.2, -0.15) is 5.10 Å². The zero-order chi connectivity index (χ0) is 17.8. The molecule has 5 nitrogen and oxygen atoms in total. The Labute approximate surface area is 159 Å². The molecular weight excluding hydrogens is 376 g/mol. The van der Waals surface area contributed by atoms with Crippen molar-refractivity contribution in [1.29, 1.82) is 0 Å². The summed E-state index contributed by atoms with van der Waals surface area (Å²) in [6.45, 7) is 2.15. The molecule has 0 radical (unpaired) electrons. The lowest BCUT2D eigenvalue weighted by atomic mass is 10.0. The second-order valence-electron chi connectivity index (χ2n) is 5.50. The molecule has 3 aromatic rings. The molecule has 2 aromatic heterocycles. The SMILES string of the molecule is CC[C@@H](NC(=O)Cn1c(-c2cccs2)n[nH]c1=S)c1ccc(Cl)cc1. The fraction of sp³-hybridized carbons (Fsp3) is 0.235. The highest BCUT2D eigenvalue weighted by atomic mass is 35.5. The summed E-state index contributed by atoms with van der Waals surface area (Å²) in [5.74, 6) is 0.562. The first kappa shape index (κ1) is 17.8. The van der Waals surface area contributed by atoms with E-state index in [-0.39, 0.29) is 18.5 Å². The van der Waals surface area contributed by atoms with E-state index in [0.717, 1.165) is 16.9 Å². The number of aromatic nitrogens is 3. The van der Waals surface area contributed by atoms with E-state index < -0.39 is 0 Å². The minimum absolute atomic E-state index is 0.0731. The smallest absolute Gasteiger partial charge is 0.240 e. The van der Waals surface area contributed by atoms with E-state index >= 15 is 0 Å². The molecule has 8 heteroatoms. The van der Waals surface area contributed by atoms with Crippen LogP contribution in [0.3, 0.4) is 0 Å². The van der Waals surface area contributed by atoms with Gasteiger partial charge in [0.1, 0.15) is 6.54 Å². The third kappa shape index (κ3) is 4.18. The number of nitrogens with zero attached hydrogens (tertiary/aromatic N) is 2. The van der Waals surface area contributed by atoms with Gasteiger partial charge < -0.3 is 5.32 Å². The van der Waals surface area contributed by atoms with Crippen LogP contribution in [0.15, 0.2) is 41.8 Å². The van der Waals surface area contributed by atoms with Crippen molar-refractivity contribution in [3.63, 3.8) is 0 Å². The number of nitrogens with one attached hydrogen (secondary N) is 2. The van der Waals surface area contributed by atoms with Gasteiger partial charge in [-0.3, -0.25) is 14.5 Å². The van der Waals surface area contributed by atoms with Gasteiger partial charge in [0.25, 0.3) is 0 Å². The lowest BCUT2D eigenvalue weighted by molar-refractivity contribution is -0.122. The van der Waals surface area contributed by atoms with Crippen molar-refractivity contribution >= 4 is 41.1 Å². The number of hydrogen-bond donors (Lipinski definition) is 2. The highest BCUT2D eigenvalue weighted by Gasteiger charge is 2.16. The highest BCUT2D eigenvalue weighted by molar-refractivity contribution is 7.71. The summed E-state index contributed by atoms with van der Waals surface area (Å²) in [6, 6.07) is 11.3. The van der Waals surface area contributed by atoms with Gasteiger partial charge in [-0.05, 0) is 47.8 Å². The third-order valence-corrected chi connectivity index (χ3v) is 5.25. The molecular formula is C17H17ClN4OS2. The maximum absolute atomic E-state index is 12.6. The summed E-state index contributed by atoms with van der Waals surface area (Å²) in [7, 11) is 0. The number of aromatic amines is 1. The van der Waals surface area contributed by atoms with E-state index in [4.69, 9.17) is 23.8 Å². The van der Waals surface area contributed by atoms with Crippen LogP contribution in [0.2, 0.25) is 5.02 Å². The third-order valence-electron chi connectivity index (χ3n) is 3.82. The lowest BCUT2D eigenvalue weighted by Crippen LogP contribution is -2.31. The van der Waals surface area contributed by atoms with Gasteiger partial charge in [0.15, 0.2) is 10.6 Å². The number of hydrogen-bond acceptors (Lipinski definition) is 4. The first-order chi connectivity index (χ1) is 12.1. The van der Waals surface area contributed by atoms with Crippen LogP contribution < -0.4 is 5.32 Å². The van der Waals surface area contributed by atoms with Gasteiger partial charge in [-0.25, -0.2) is 0 Å². The average Bonchev–Trinajstić information content (AvgIpc) is 3.24. The Kier molecular flexibility index (Phi) is 5.67. The summed E-state index contributed by atoms with van der Waals surface area (Å²) in [5.41, 5.74) is 1.02. The van der Waals surface area contributed by atoms with Crippen LogP contribution in [0.5, 0.6) is 0 Å². The van der Waals surface area contributed by atoms with E-state index in [1.165, 1.54) is 0 Å². The molecule has 0 saturated heterocycles. The van der Waals surface area contributed by atoms with Crippen LogP contribution in [-0.2, 0) is 11.3 Å². The minimum Gasteiger partial charge on any atom is -0.348 e. The van der Waals surface area contributed by atoms with Crippen molar-refractivity contribution in [3.8, 4) is 10.7 Å². The van der Waals surface area contributed by atoms with Crippen molar-refractivity contribution < 1.29 is 4.79 Å². The lowest BCUT2D eigenvalue weighted by Gasteiger charge is -2.18. The summed E-state index contributed by atoms with van der Waals surface area (Å²) in [4.78, 5) is 13.5. The van der Waals surface area contributed by atoms with Gasteiger partial charge >= 0.3 is 0 Å². The molecule has 0 saturated carbocycles. The quantitative estimate of drug-likeness (QED) is 0.603. The first-order valence-electron chi connectivity index (χ1n) is 7.82. The second kappa shape index (κ2) is 7.95. The van der Waals surface area contributed by atoms with Crippen LogP contribution >= 0.6 is 35.2 Å². The molecule has 0 unspecified atom stereocenters. The number of carbonyl (C=O) groups excluding carboxylic acids is 1. The Balaban J connectivity index is 1.75. The van der Waals surface area contributed by atoms with Crippen LogP contribution in [0.4, 0.5) is 0 Å². The van der Waals surface area contributed by atoms with E-state index in [9.17, 15) is 4.79 Å². The molecule has 1 aromatic carbocycles. The monoisotopic (exact) mass is 392 g/mol. The Hall–Kier alpha value is -1.96. The molecule has 3 rings (SSSR count). The van der Waals surface area contributed by atoms with Gasteiger partial charge in [-0.1, -0.05) is 36.7 Å². The summed E-state index contributed by atoms with van der Waals surface area (Å²) in [6.07, 6.45) is 0.780. The normalized spacial score (nSPS) is 12.1. The van der Waals surface area contributed by atoms with E-state index in [1.54, 1.807) is 15.9 Å². The topological polar surface area (TPSA) is 62.7 Å². The highest BCUT2D eigenvalue weighted by Crippen LogP contribution is 2.23. The molecule has 2 heterocycles. The van der Waals surface area contributed by atoms with Gasteiger partial charge in [0, 0.05) is 5.02 Å². The Morgan fingerprint density at radius 3 is 2.80 bits per heavy atom. The van der Waals surface area contributed by atoms with Crippen molar-refractivity contribution in [3.05, 3.63) is 57.1 Å². The minimum atomic E-state index is -0.114. The van der Waals surface area contributed by atoms with E-state index in [2.05, 4.69) is 15.5 Å². The number of carbonyl (C=O) groups is 1. The van der Waals surface area contributed by atoms with Crippen molar-refractivity contribution in [2.45, 2.75) is 25.9 Å². The van der Waals surface area contributed by atoms with Crippen LogP contribution in [0.25, 0.3) is 10.7 Å². The van der Waals surface area contributed by atoms with Crippen LogP contribution in [-0.4, -0.2) is 20.7 Å². The predicted molar refractivity (Wildman–Crippen MR) is 103 cm³/mol. The fourth-order valence-corrected chi connectivity index (χ4v) is 3.60. The second-order valence-corrected chi connectivity index (χ2v) is 7.27. The number of H-pyrrole nitrogens is 1. The summed E-state index contributed by atoms with van der Waals surface area (Å²) >= 11 is 12.8. The molecule has 1 atom stereocenters. The maximum atomic E-state index is 12.6. The molecule has 0 aliphatic rings. The van der Waals surface area contributed by atoms with E-state index in [1.807, 2.05) is 48.7 Å². The zero-order valence-corrected chi connectivity index (χ0v) is 15.9. The molecule has 0 aliphatic heterocycles. The molecule has 0 aliphatic carbocycles. The number of halogens is 1. The number of thiophene rings is 1. The number of amides is 1. The summed E-state index contributed by atoms with van der Waals surface area (Å²) < 4.78 is 2.14. The van der Waals surface area contributed by atoms with Gasteiger partial charge in [0.05, 0.1) is 10.9 Å². The zero-order valence-electron chi connectivity index (χ0n) is 13.5. The molecule has 1 amide bonds. The first-order valence-corrected chi connectivity index (χ1v) is 9.49. The van der Waals surface area contributed by atoms with Crippen LogP contribution in [0, 0.1) is 4.77 Å². The van der Waals surface area contributed by atoms with Gasteiger partial charge in [0.2, 0.25) is 5.91 Å². The Morgan fingerprint density at radius 1 is 1.40 bits per heavy atom. The standard InChI is InChI=1S/C17H17ClN4OS2/c1-2-13(11-5-7-12(18)8-6-11)19-15(23)10-22-16(20-21-17(22)24)14-4-3-9-25-14/h3-9,13H,2,10H2,1H3,(H,19,23)(H,21,24)/t13-/m1/s1. The average molecular weight is 393 g/mol. The molecule has 2 N–H and O–H groups in total. The Morgan fingerprint density at radius 2 is 2.16 bits per heavy atom. The van der Waals surface area contributed by atoms with Crippen molar-refractivity contribution in [1.82, 2.24) is 20.1 Å². The predicted octanol–water partition coefficient (Wildman–Crippen LogP) is 4.59. The van der Waals surface area contributed by atoms with Gasteiger partial charge in [-0.15, -0.1) is 11.3 Å². The molecule has 130 valence electrons. The van der Waals surface area contributed by atoms with Crippen molar-refractivity contribution in [2.24, 2.45) is 0 Å². The van der Waals surface area contributed by atoms with Crippen molar-refractivity contribution in [2.75, 3.05) is 0 Å². The number of rotatable bonds is 6. The maximum Gasteiger partial charge on any atom is 0.240 e. The Bertz CT molecular complexity index is 900. The summed E-state index contributed by atoms with van der Waals surface area (Å²) in [5, 5.41) is 12.7. The van der Waals surface area contributed by atoms with Crippen LogP contribution in [0.1, 0.15) is 24.9 Å². The fourth-order valence-electron chi connectivity index (χ4n) is 2.56. The molecule has 0 bridgehead atoms. The van der Waals surface area contributed by atoms with E-state index in [0.29, 0.717) is 15.6 Å². The molecule has 0 spiro atoms. The number of benzene rings is 1. The molecule has 0 fully saturated rings. The molecule has 25 heavy (non-hydrogen) atoms.